The van der Waals surface area contributed by atoms with Crippen molar-refractivity contribution in [2.75, 3.05) is 7.05 Å². The van der Waals surface area contributed by atoms with E-state index in [1.54, 1.807) is 31.3 Å². The normalized spacial score (nSPS) is 8.92. The number of carbonyl (C=O) groups excluding carboxylic acids is 1. The molecule has 0 saturated heterocycles. The van der Waals surface area contributed by atoms with E-state index in [9.17, 15) is 4.79 Å². The molecule has 1 rings (SSSR count). The number of rotatable bonds is 2. The molecule has 0 heterocycles. The average molecular weight is 174 g/mol. The first kappa shape index (κ1) is 9.27. The molecule has 3 heteroatoms. The van der Waals surface area contributed by atoms with E-state index in [-0.39, 0.29) is 5.91 Å². The molecule has 0 spiro atoms. The van der Waals surface area contributed by atoms with Gasteiger partial charge in [0.25, 0.3) is 0 Å². The molecule has 1 aromatic carbocycles. The molecule has 13 heavy (non-hydrogen) atoms. The van der Waals surface area contributed by atoms with Crippen LogP contribution in [0.2, 0.25) is 0 Å². The maximum Gasteiger partial charge on any atom is 0.224 e. The molecule has 0 unspecified atom stereocenters. The standard InChI is InChI=1S/C10H10N2O/c1-12-10(13)6-8-2-4-9(7-11)5-3-8/h2-5H,6H2,1H3,(H,12,13). The largest absolute Gasteiger partial charge is 0.359 e. The van der Waals surface area contributed by atoms with Crippen LogP contribution >= 0.6 is 0 Å². The Morgan fingerprint density at radius 1 is 1.46 bits per heavy atom. The van der Waals surface area contributed by atoms with Gasteiger partial charge in [-0.1, -0.05) is 12.1 Å². The molecule has 0 fully saturated rings. The molecular weight excluding hydrogens is 164 g/mol. The quantitative estimate of drug-likeness (QED) is 0.722. The number of amides is 1. The summed E-state index contributed by atoms with van der Waals surface area (Å²) in [6.07, 6.45) is 0.363. The lowest BCUT2D eigenvalue weighted by Crippen LogP contribution is -2.19. The van der Waals surface area contributed by atoms with Crippen LogP contribution in [0.1, 0.15) is 11.1 Å². The summed E-state index contributed by atoms with van der Waals surface area (Å²) in [7, 11) is 1.60. The van der Waals surface area contributed by atoms with Crippen molar-refractivity contribution < 1.29 is 4.79 Å². The Bertz CT molecular complexity index is 335. The van der Waals surface area contributed by atoms with Crippen LogP contribution in [0.3, 0.4) is 0 Å². The molecular formula is C10H10N2O. The summed E-state index contributed by atoms with van der Waals surface area (Å²) in [6.45, 7) is 0. The molecule has 1 N–H and O–H groups in total. The fourth-order valence-corrected chi connectivity index (χ4v) is 0.971. The zero-order valence-corrected chi connectivity index (χ0v) is 7.37. The van der Waals surface area contributed by atoms with Gasteiger partial charge in [0.05, 0.1) is 18.1 Å². The second-order valence-electron chi connectivity index (χ2n) is 2.66. The minimum atomic E-state index is -0.0234. The molecule has 0 aliphatic rings. The Labute approximate surface area is 77.0 Å². The number of likely N-dealkylation sites (N-methyl/N-ethyl adjacent to an activating group) is 1. The van der Waals surface area contributed by atoms with Crippen molar-refractivity contribution in [3.8, 4) is 6.07 Å². The highest BCUT2D eigenvalue weighted by molar-refractivity contribution is 5.78. The van der Waals surface area contributed by atoms with Crippen LogP contribution in [-0.4, -0.2) is 13.0 Å². The van der Waals surface area contributed by atoms with Gasteiger partial charge >= 0.3 is 0 Å². The number of hydrogen-bond donors (Lipinski definition) is 1. The predicted octanol–water partition coefficient (Wildman–Crippen LogP) is 0.847. The van der Waals surface area contributed by atoms with Crippen molar-refractivity contribution in [2.45, 2.75) is 6.42 Å². The number of hydrogen-bond acceptors (Lipinski definition) is 2. The summed E-state index contributed by atoms with van der Waals surface area (Å²) in [5.41, 5.74) is 1.53. The molecule has 0 aliphatic carbocycles. The van der Waals surface area contributed by atoms with Crippen molar-refractivity contribution in [1.29, 1.82) is 5.26 Å². The molecule has 1 amide bonds. The summed E-state index contributed by atoms with van der Waals surface area (Å²) >= 11 is 0. The molecule has 0 saturated carbocycles. The monoisotopic (exact) mass is 174 g/mol. The first-order valence-electron chi connectivity index (χ1n) is 3.96. The van der Waals surface area contributed by atoms with Crippen molar-refractivity contribution in [1.82, 2.24) is 5.32 Å². The lowest BCUT2D eigenvalue weighted by atomic mass is 10.1. The van der Waals surface area contributed by atoms with Crippen LogP contribution < -0.4 is 5.32 Å². The van der Waals surface area contributed by atoms with Crippen LogP contribution in [0.15, 0.2) is 24.3 Å². The van der Waals surface area contributed by atoms with Gasteiger partial charge in [0.2, 0.25) is 5.91 Å². The van der Waals surface area contributed by atoms with Crippen LogP contribution in [0.25, 0.3) is 0 Å². The minimum absolute atomic E-state index is 0.0234. The van der Waals surface area contributed by atoms with Gasteiger partial charge in [-0.05, 0) is 17.7 Å². The van der Waals surface area contributed by atoms with Gasteiger partial charge in [-0.15, -0.1) is 0 Å². The number of nitrogens with one attached hydrogen (secondary N) is 1. The zero-order valence-electron chi connectivity index (χ0n) is 7.37. The second-order valence-corrected chi connectivity index (χ2v) is 2.66. The van der Waals surface area contributed by atoms with E-state index in [1.165, 1.54) is 0 Å². The smallest absolute Gasteiger partial charge is 0.224 e. The van der Waals surface area contributed by atoms with Crippen LogP contribution in [-0.2, 0) is 11.2 Å². The summed E-state index contributed by atoms with van der Waals surface area (Å²) in [5, 5.41) is 11.1. The molecule has 0 aromatic heterocycles. The van der Waals surface area contributed by atoms with E-state index in [1.807, 2.05) is 6.07 Å². The highest BCUT2D eigenvalue weighted by atomic mass is 16.1. The topological polar surface area (TPSA) is 52.9 Å². The second kappa shape index (κ2) is 4.27. The lowest BCUT2D eigenvalue weighted by Gasteiger charge is -1.99. The summed E-state index contributed by atoms with van der Waals surface area (Å²) in [6, 6.07) is 9.01. The van der Waals surface area contributed by atoms with Crippen LogP contribution in [0.4, 0.5) is 0 Å². The van der Waals surface area contributed by atoms with E-state index in [4.69, 9.17) is 5.26 Å². The maximum absolute atomic E-state index is 11.0. The average Bonchev–Trinajstić information content (AvgIpc) is 2.19. The Hall–Kier alpha value is -1.82. The Morgan fingerprint density at radius 2 is 2.08 bits per heavy atom. The third kappa shape index (κ3) is 2.60. The highest BCUT2D eigenvalue weighted by Gasteiger charge is 1.99. The first-order chi connectivity index (χ1) is 6.26. The Balaban J connectivity index is 2.71. The number of nitriles is 1. The van der Waals surface area contributed by atoms with Gasteiger partial charge in [0, 0.05) is 7.05 Å². The zero-order chi connectivity index (χ0) is 9.68. The molecule has 1 aromatic rings. The van der Waals surface area contributed by atoms with Gasteiger partial charge in [-0.3, -0.25) is 4.79 Å². The maximum atomic E-state index is 11.0. The van der Waals surface area contributed by atoms with E-state index >= 15 is 0 Å². The van der Waals surface area contributed by atoms with E-state index in [2.05, 4.69) is 5.32 Å². The Morgan fingerprint density at radius 3 is 2.54 bits per heavy atom. The SMILES string of the molecule is CNC(=O)Cc1ccc(C#N)cc1. The fourth-order valence-electron chi connectivity index (χ4n) is 0.971. The lowest BCUT2D eigenvalue weighted by molar-refractivity contribution is -0.119. The van der Waals surface area contributed by atoms with Gasteiger partial charge in [0.15, 0.2) is 0 Å². The van der Waals surface area contributed by atoms with E-state index < -0.39 is 0 Å². The van der Waals surface area contributed by atoms with Crippen molar-refractivity contribution in [3.05, 3.63) is 35.4 Å². The van der Waals surface area contributed by atoms with E-state index in [0.29, 0.717) is 12.0 Å². The highest BCUT2D eigenvalue weighted by Crippen LogP contribution is 2.03. The number of carbonyl (C=O) groups is 1. The molecule has 66 valence electrons. The molecule has 0 aliphatic heterocycles. The predicted molar refractivity (Wildman–Crippen MR) is 48.9 cm³/mol. The summed E-state index contributed by atoms with van der Waals surface area (Å²) < 4.78 is 0. The summed E-state index contributed by atoms with van der Waals surface area (Å²) in [5.74, 6) is -0.0234. The number of benzene rings is 1. The fraction of sp³-hybridized carbons (Fsp3) is 0.200. The third-order valence-corrected chi connectivity index (χ3v) is 1.73. The summed E-state index contributed by atoms with van der Waals surface area (Å²) in [4.78, 5) is 11.0. The van der Waals surface area contributed by atoms with Crippen molar-refractivity contribution in [3.63, 3.8) is 0 Å². The van der Waals surface area contributed by atoms with Gasteiger partial charge < -0.3 is 5.32 Å². The molecule has 3 nitrogen and oxygen atoms in total. The van der Waals surface area contributed by atoms with Crippen LogP contribution in [0.5, 0.6) is 0 Å². The van der Waals surface area contributed by atoms with Gasteiger partial charge in [0.1, 0.15) is 0 Å². The molecule has 0 radical (unpaired) electrons. The third-order valence-electron chi connectivity index (χ3n) is 1.73. The minimum Gasteiger partial charge on any atom is -0.359 e. The van der Waals surface area contributed by atoms with Crippen molar-refractivity contribution >= 4 is 5.91 Å². The first-order valence-corrected chi connectivity index (χ1v) is 3.96. The van der Waals surface area contributed by atoms with Gasteiger partial charge in [-0.2, -0.15) is 5.26 Å². The number of nitrogens with zero attached hydrogens (tertiary/aromatic N) is 1. The Kier molecular flexibility index (Phi) is 3.04. The van der Waals surface area contributed by atoms with Gasteiger partial charge in [-0.25, -0.2) is 0 Å². The molecule has 0 bridgehead atoms. The van der Waals surface area contributed by atoms with Crippen molar-refractivity contribution in [2.24, 2.45) is 0 Å². The van der Waals surface area contributed by atoms with E-state index in [0.717, 1.165) is 5.56 Å². The molecule has 0 atom stereocenters. The van der Waals surface area contributed by atoms with Crippen LogP contribution in [0, 0.1) is 11.3 Å².